The molecule has 1 amide bonds. The fourth-order valence-electron chi connectivity index (χ4n) is 2.96. The van der Waals surface area contributed by atoms with Crippen LogP contribution in [0.25, 0.3) is 11.5 Å². The second kappa shape index (κ2) is 8.41. The lowest BCUT2D eigenvalue weighted by Gasteiger charge is -2.16. The van der Waals surface area contributed by atoms with Crippen molar-refractivity contribution in [1.29, 1.82) is 0 Å². The number of aromatic nitrogens is 1. The molecule has 0 radical (unpaired) electrons. The molecule has 3 rings (SSSR count). The van der Waals surface area contributed by atoms with Gasteiger partial charge in [0.1, 0.15) is 5.76 Å². The molecule has 1 aromatic heterocycles. The zero-order valence-electron chi connectivity index (χ0n) is 17.7. The van der Waals surface area contributed by atoms with Gasteiger partial charge in [-0.2, -0.15) is 0 Å². The molecule has 0 aliphatic heterocycles. The molecular formula is C22H25N3O4S. The van der Waals surface area contributed by atoms with Crippen molar-refractivity contribution in [2.75, 3.05) is 19.4 Å². The number of anilines is 1. The minimum absolute atomic E-state index is 0.0192. The third-order valence-electron chi connectivity index (χ3n) is 4.93. The Morgan fingerprint density at radius 2 is 1.77 bits per heavy atom. The summed E-state index contributed by atoms with van der Waals surface area (Å²) in [5, 5.41) is 2.82. The van der Waals surface area contributed by atoms with Crippen LogP contribution in [0.3, 0.4) is 0 Å². The van der Waals surface area contributed by atoms with Crippen LogP contribution in [-0.2, 0) is 21.2 Å². The van der Waals surface area contributed by atoms with Crippen LogP contribution in [0.15, 0.2) is 51.8 Å². The van der Waals surface area contributed by atoms with Crippen LogP contribution >= 0.6 is 0 Å². The first-order valence-electron chi connectivity index (χ1n) is 9.45. The first kappa shape index (κ1) is 21.7. The van der Waals surface area contributed by atoms with E-state index in [9.17, 15) is 13.2 Å². The van der Waals surface area contributed by atoms with Crippen molar-refractivity contribution in [2.45, 2.75) is 32.1 Å². The summed E-state index contributed by atoms with van der Waals surface area (Å²) in [5.74, 6) is 0.732. The highest BCUT2D eigenvalue weighted by molar-refractivity contribution is 7.89. The Morgan fingerprint density at radius 1 is 1.10 bits per heavy atom. The van der Waals surface area contributed by atoms with Gasteiger partial charge in [-0.15, -0.1) is 0 Å². The molecule has 0 unspecified atom stereocenters. The first-order valence-corrected chi connectivity index (χ1v) is 10.9. The molecule has 30 heavy (non-hydrogen) atoms. The second-order valence-electron chi connectivity index (χ2n) is 7.31. The third-order valence-corrected chi connectivity index (χ3v) is 6.73. The number of hydrogen-bond donors (Lipinski definition) is 1. The maximum Gasteiger partial charge on any atom is 0.242 e. The van der Waals surface area contributed by atoms with Gasteiger partial charge in [-0.25, -0.2) is 17.7 Å². The zero-order chi connectivity index (χ0) is 22.1. The average Bonchev–Trinajstić information content (AvgIpc) is 3.06. The summed E-state index contributed by atoms with van der Waals surface area (Å²) in [7, 11) is -0.667. The van der Waals surface area contributed by atoms with Gasteiger partial charge in [-0.05, 0) is 56.2 Å². The predicted molar refractivity (Wildman–Crippen MR) is 116 cm³/mol. The highest BCUT2D eigenvalue weighted by atomic mass is 32.2. The number of nitrogens with zero attached hydrogens (tertiary/aromatic N) is 2. The number of nitrogens with one attached hydrogen (secondary N) is 1. The number of oxazole rings is 1. The lowest BCUT2D eigenvalue weighted by Crippen LogP contribution is -2.23. The molecule has 3 aromatic rings. The van der Waals surface area contributed by atoms with E-state index in [-0.39, 0.29) is 17.2 Å². The molecule has 158 valence electrons. The number of amides is 1. The maximum atomic E-state index is 12.7. The van der Waals surface area contributed by atoms with Gasteiger partial charge in [0.15, 0.2) is 0 Å². The Bertz CT molecular complexity index is 1180. The lowest BCUT2D eigenvalue weighted by atomic mass is 10.1. The molecule has 0 saturated carbocycles. The van der Waals surface area contributed by atoms with Crippen LogP contribution in [0.2, 0.25) is 0 Å². The van der Waals surface area contributed by atoms with Crippen molar-refractivity contribution >= 4 is 21.6 Å². The fourth-order valence-corrected chi connectivity index (χ4v) is 3.97. The molecule has 0 saturated heterocycles. The highest BCUT2D eigenvalue weighted by Gasteiger charge is 2.21. The minimum atomic E-state index is -3.61. The van der Waals surface area contributed by atoms with E-state index >= 15 is 0 Å². The molecule has 8 heteroatoms. The van der Waals surface area contributed by atoms with Crippen LogP contribution in [0.1, 0.15) is 22.6 Å². The number of hydrogen-bond acceptors (Lipinski definition) is 5. The smallest absolute Gasteiger partial charge is 0.242 e. The molecule has 0 atom stereocenters. The SMILES string of the molecule is Cc1cc(S(=O)(=O)N(C)C)cc(NC(=O)Cc2nc(-c3ccccc3)oc2C)c1C. The van der Waals surface area contributed by atoms with Gasteiger partial charge in [0.05, 0.1) is 17.0 Å². The van der Waals surface area contributed by atoms with E-state index in [1.807, 2.05) is 44.2 Å². The van der Waals surface area contributed by atoms with Crippen molar-refractivity contribution in [1.82, 2.24) is 9.29 Å². The van der Waals surface area contributed by atoms with E-state index in [0.29, 0.717) is 23.0 Å². The van der Waals surface area contributed by atoms with E-state index in [1.165, 1.54) is 20.2 Å². The number of carbonyl (C=O) groups is 1. The van der Waals surface area contributed by atoms with Gasteiger partial charge < -0.3 is 9.73 Å². The van der Waals surface area contributed by atoms with Crippen LogP contribution in [-0.4, -0.2) is 37.7 Å². The van der Waals surface area contributed by atoms with E-state index in [1.54, 1.807) is 13.0 Å². The summed E-state index contributed by atoms with van der Waals surface area (Å²) in [4.78, 5) is 17.3. The normalized spacial score (nSPS) is 11.7. The fraction of sp³-hybridized carbons (Fsp3) is 0.273. The Labute approximate surface area is 176 Å². The lowest BCUT2D eigenvalue weighted by molar-refractivity contribution is -0.115. The van der Waals surface area contributed by atoms with Gasteiger partial charge in [-0.1, -0.05) is 18.2 Å². The molecule has 0 fully saturated rings. The standard InChI is InChI=1S/C22H25N3O4S/c1-14-11-18(30(27,28)25(4)5)12-19(15(14)2)23-21(26)13-20-16(3)29-22(24-20)17-9-7-6-8-10-17/h6-12H,13H2,1-5H3,(H,23,26). The van der Waals surface area contributed by atoms with E-state index in [2.05, 4.69) is 10.3 Å². The molecule has 1 N–H and O–H groups in total. The Hall–Kier alpha value is -2.97. The van der Waals surface area contributed by atoms with Crippen LogP contribution in [0.5, 0.6) is 0 Å². The van der Waals surface area contributed by atoms with Crippen LogP contribution < -0.4 is 5.32 Å². The Morgan fingerprint density at radius 3 is 2.40 bits per heavy atom. The Kier molecular flexibility index (Phi) is 6.09. The molecule has 1 heterocycles. The molecule has 0 bridgehead atoms. The second-order valence-corrected chi connectivity index (χ2v) is 9.46. The number of sulfonamides is 1. The highest BCUT2D eigenvalue weighted by Crippen LogP contribution is 2.26. The Balaban J connectivity index is 1.84. The molecule has 2 aromatic carbocycles. The van der Waals surface area contributed by atoms with Gasteiger partial charge in [0.2, 0.25) is 21.8 Å². The van der Waals surface area contributed by atoms with Crippen LogP contribution in [0.4, 0.5) is 5.69 Å². The van der Waals surface area contributed by atoms with Crippen molar-refractivity contribution in [2.24, 2.45) is 0 Å². The molecular weight excluding hydrogens is 402 g/mol. The van der Waals surface area contributed by atoms with Gasteiger partial charge >= 0.3 is 0 Å². The summed E-state index contributed by atoms with van der Waals surface area (Å²) in [5.41, 5.74) is 3.42. The van der Waals surface area contributed by atoms with Gasteiger partial charge in [-0.3, -0.25) is 4.79 Å². The molecule has 7 nitrogen and oxygen atoms in total. The number of aryl methyl sites for hydroxylation is 2. The predicted octanol–water partition coefficient (Wildman–Crippen LogP) is 3.70. The topological polar surface area (TPSA) is 92.5 Å². The van der Waals surface area contributed by atoms with Crippen molar-refractivity contribution in [3.05, 3.63) is 65.0 Å². The minimum Gasteiger partial charge on any atom is -0.441 e. The third kappa shape index (κ3) is 4.44. The number of benzene rings is 2. The quantitative estimate of drug-likeness (QED) is 0.648. The first-order chi connectivity index (χ1) is 14.1. The monoisotopic (exact) mass is 427 g/mol. The summed E-state index contributed by atoms with van der Waals surface area (Å²) >= 11 is 0. The van der Waals surface area contributed by atoms with Crippen molar-refractivity contribution in [3.8, 4) is 11.5 Å². The number of carbonyl (C=O) groups excluding carboxylic acids is 1. The maximum absolute atomic E-state index is 12.7. The van der Waals surface area contributed by atoms with Crippen molar-refractivity contribution < 1.29 is 17.6 Å². The number of rotatable bonds is 6. The molecule has 0 aliphatic rings. The van der Waals surface area contributed by atoms with Gasteiger partial charge in [0.25, 0.3) is 0 Å². The largest absolute Gasteiger partial charge is 0.441 e. The summed E-state index contributed by atoms with van der Waals surface area (Å²) < 4.78 is 31.8. The van der Waals surface area contributed by atoms with Crippen LogP contribution in [0, 0.1) is 20.8 Å². The average molecular weight is 428 g/mol. The molecule has 0 spiro atoms. The molecule has 0 aliphatic carbocycles. The summed E-state index contributed by atoms with van der Waals surface area (Å²) in [6, 6.07) is 12.6. The van der Waals surface area contributed by atoms with E-state index in [4.69, 9.17) is 4.42 Å². The van der Waals surface area contributed by atoms with E-state index < -0.39 is 10.0 Å². The zero-order valence-corrected chi connectivity index (χ0v) is 18.5. The summed E-state index contributed by atoms with van der Waals surface area (Å²) in [6.45, 7) is 5.42. The van der Waals surface area contributed by atoms with Gasteiger partial charge in [0, 0.05) is 25.3 Å². The summed E-state index contributed by atoms with van der Waals surface area (Å²) in [6.07, 6.45) is 0.0192. The van der Waals surface area contributed by atoms with Crippen molar-refractivity contribution in [3.63, 3.8) is 0 Å². The van der Waals surface area contributed by atoms with E-state index in [0.717, 1.165) is 21.0 Å².